The zero-order chi connectivity index (χ0) is 17.1. The summed E-state index contributed by atoms with van der Waals surface area (Å²) in [7, 11) is 0. The fourth-order valence-corrected chi connectivity index (χ4v) is 2.29. The molecule has 0 unspecified atom stereocenters. The van der Waals surface area contributed by atoms with E-state index in [-0.39, 0.29) is 17.3 Å². The van der Waals surface area contributed by atoms with E-state index in [1.807, 2.05) is 25.1 Å². The van der Waals surface area contributed by atoms with Crippen LogP contribution in [0.2, 0.25) is 0 Å². The highest BCUT2D eigenvalue weighted by Gasteiger charge is 2.25. The van der Waals surface area contributed by atoms with Gasteiger partial charge in [0.1, 0.15) is 5.75 Å². The zero-order valence-electron chi connectivity index (χ0n) is 12.7. The molecule has 1 aliphatic heterocycles. The Morgan fingerprint density at radius 1 is 1.12 bits per heavy atom. The molecule has 0 bridgehead atoms. The lowest BCUT2D eigenvalue weighted by atomic mass is 10.1. The van der Waals surface area contributed by atoms with Gasteiger partial charge in [-0.15, -0.1) is 0 Å². The van der Waals surface area contributed by atoms with Crippen molar-refractivity contribution in [1.82, 2.24) is 0 Å². The van der Waals surface area contributed by atoms with Crippen molar-refractivity contribution < 1.29 is 23.0 Å². The van der Waals surface area contributed by atoms with Crippen LogP contribution in [0.25, 0.3) is 6.08 Å². The molecule has 0 fully saturated rings. The van der Waals surface area contributed by atoms with Gasteiger partial charge in [-0.05, 0) is 30.7 Å². The van der Waals surface area contributed by atoms with Crippen LogP contribution in [0.4, 0.5) is 8.78 Å². The van der Waals surface area contributed by atoms with E-state index in [4.69, 9.17) is 4.74 Å². The molecule has 0 aromatic heterocycles. The normalized spacial score (nSPS) is 15.6. The van der Waals surface area contributed by atoms with Crippen molar-refractivity contribution in [2.75, 3.05) is 0 Å². The Kier molecular flexibility index (Phi) is 4.37. The van der Waals surface area contributed by atoms with Crippen LogP contribution in [0, 0.1) is 6.92 Å². The molecule has 4 nitrogen and oxygen atoms in total. The van der Waals surface area contributed by atoms with E-state index < -0.39 is 12.6 Å². The van der Waals surface area contributed by atoms with Crippen molar-refractivity contribution in [2.24, 2.45) is 4.99 Å². The summed E-state index contributed by atoms with van der Waals surface area (Å²) >= 11 is 0. The Morgan fingerprint density at radius 2 is 1.83 bits per heavy atom. The van der Waals surface area contributed by atoms with Crippen LogP contribution < -0.4 is 4.74 Å². The number of benzene rings is 2. The number of rotatable bonds is 4. The second-order valence-electron chi connectivity index (χ2n) is 5.07. The summed E-state index contributed by atoms with van der Waals surface area (Å²) in [4.78, 5) is 16.2. The molecule has 0 saturated carbocycles. The molecule has 0 saturated heterocycles. The van der Waals surface area contributed by atoms with Gasteiger partial charge >= 0.3 is 12.6 Å². The molecule has 1 heterocycles. The molecular formula is C18H13F2NO3. The van der Waals surface area contributed by atoms with E-state index in [1.54, 1.807) is 24.3 Å². The average molecular weight is 329 g/mol. The third-order valence-corrected chi connectivity index (χ3v) is 3.42. The number of carbonyl (C=O) groups excluding carboxylic acids is 1. The Balaban J connectivity index is 1.97. The molecule has 0 radical (unpaired) electrons. The first-order valence-corrected chi connectivity index (χ1v) is 7.17. The first-order valence-electron chi connectivity index (χ1n) is 7.17. The van der Waals surface area contributed by atoms with Gasteiger partial charge in [-0.3, -0.25) is 0 Å². The minimum absolute atomic E-state index is 0.0265. The molecule has 1 aliphatic rings. The summed E-state index contributed by atoms with van der Waals surface area (Å²) < 4.78 is 34.5. The highest BCUT2D eigenvalue weighted by Crippen LogP contribution is 2.26. The van der Waals surface area contributed by atoms with Gasteiger partial charge in [-0.25, -0.2) is 9.79 Å². The van der Waals surface area contributed by atoms with Crippen LogP contribution in [0.1, 0.15) is 16.7 Å². The predicted octanol–water partition coefficient (Wildman–Crippen LogP) is 3.94. The summed E-state index contributed by atoms with van der Waals surface area (Å²) in [5.74, 6) is -0.482. The third kappa shape index (κ3) is 3.32. The van der Waals surface area contributed by atoms with E-state index >= 15 is 0 Å². The number of carbonyl (C=O) groups is 1. The number of esters is 1. The van der Waals surface area contributed by atoms with Crippen LogP contribution in [-0.4, -0.2) is 18.5 Å². The monoisotopic (exact) mass is 329 g/mol. The maximum atomic E-state index is 12.5. The van der Waals surface area contributed by atoms with Gasteiger partial charge in [-0.2, -0.15) is 8.78 Å². The van der Waals surface area contributed by atoms with E-state index in [9.17, 15) is 13.6 Å². The number of aryl methyl sites for hydroxylation is 1. The van der Waals surface area contributed by atoms with Gasteiger partial charge in [0.25, 0.3) is 0 Å². The summed E-state index contributed by atoms with van der Waals surface area (Å²) in [6, 6.07) is 13.5. The second kappa shape index (κ2) is 6.62. The van der Waals surface area contributed by atoms with Crippen molar-refractivity contribution in [3.05, 3.63) is 70.9 Å². The smallest absolute Gasteiger partial charge is 0.387 e. The minimum atomic E-state index is -2.95. The maximum Gasteiger partial charge on any atom is 0.387 e. The Morgan fingerprint density at radius 3 is 2.58 bits per heavy atom. The number of halogens is 2. The lowest BCUT2D eigenvalue weighted by Gasteiger charge is -2.07. The number of hydrogen-bond donors (Lipinski definition) is 0. The quantitative estimate of drug-likeness (QED) is 0.630. The Hall–Kier alpha value is -3.02. The molecule has 0 atom stereocenters. The maximum absolute atomic E-state index is 12.5. The van der Waals surface area contributed by atoms with E-state index in [2.05, 4.69) is 9.73 Å². The topological polar surface area (TPSA) is 47.9 Å². The van der Waals surface area contributed by atoms with Gasteiger partial charge < -0.3 is 9.47 Å². The number of nitrogens with zero attached hydrogens (tertiary/aromatic N) is 1. The van der Waals surface area contributed by atoms with Gasteiger partial charge in [0.15, 0.2) is 5.70 Å². The number of ether oxygens (including phenoxy) is 2. The molecule has 2 aromatic rings. The molecule has 24 heavy (non-hydrogen) atoms. The van der Waals surface area contributed by atoms with Gasteiger partial charge in [0.05, 0.1) is 0 Å². The molecule has 0 amide bonds. The van der Waals surface area contributed by atoms with Crippen LogP contribution in [0.15, 0.2) is 59.2 Å². The largest absolute Gasteiger partial charge is 0.434 e. The summed E-state index contributed by atoms with van der Waals surface area (Å²) in [5.41, 5.74) is 1.95. The summed E-state index contributed by atoms with van der Waals surface area (Å²) in [5, 5.41) is 0. The standard InChI is InChI=1S/C18H13F2NO3/c1-11-6-2-4-8-13(11)16-21-14(17(22)24-16)10-12-7-3-5-9-15(12)23-18(19)20/h2-10,18H,1H3/b14-10-. The van der Waals surface area contributed by atoms with Crippen LogP contribution in [-0.2, 0) is 9.53 Å². The highest BCUT2D eigenvalue weighted by atomic mass is 19.3. The van der Waals surface area contributed by atoms with Crippen molar-refractivity contribution in [3.8, 4) is 5.75 Å². The fourth-order valence-electron chi connectivity index (χ4n) is 2.29. The average Bonchev–Trinajstić information content (AvgIpc) is 2.90. The van der Waals surface area contributed by atoms with Crippen molar-refractivity contribution in [3.63, 3.8) is 0 Å². The lowest BCUT2D eigenvalue weighted by molar-refractivity contribution is -0.129. The van der Waals surface area contributed by atoms with Gasteiger partial charge in [0, 0.05) is 11.1 Å². The molecule has 0 N–H and O–H groups in total. The van der Waals surface area contributed by atoms with Crippen molar-refractivity contribution in [2.45, 2.75) is 13.5 Å². The minimum Gasteiger partial charge on any atom is -0.434 e. The van der Waals surface area contributed by atoms with E-state index in [0.29, 0.717) is 11.1 Å². The van der Waals surface area contributed by atoms with E-state index in [0.717, 1.165) is 5.56 Å². The first-order chi connectivity index (χ1) is 11.5. The number of para-hydroxylation sites is 1. The second-order valence-corrected chi connectivity index (χ2v) is 5.07. The number of aliphatic imine (C=N–C) groups is 1. The van der Waals surface area contributed by atoms with Crippen molar-refractivity contribution in [1.29, 1.82) is 0 Å². The Labute approximate surface area is 137 Å². The molecule has 122 valence electrons. The number of cyclic esters (lactones) is 1. The molecule has 6 heteroatoms. The van der Waals surface area contributed by atoms with Gasteiger partial charge in [0.2, 0.25) is 5.90 Å². The summed E-state index contributed by atoms with van der Waals surface area (Å²) in [6.45, 7) is -1.08. The van der Waals surface area contributed by atoms with E-state index in [1.165, 1.54) is 12.1 Å². The molecule has 0 spiro atoms. The number of alkyl halides is 2. The van der Waals surface area contributed by atoms with Crippen LogP contribution in [0.5, 0.6) is 5.75 Å². The summed E-state index contributed by atoms with van der Waals surface area (Å²) in [6.07, 6.45) is 1.37. The fraction of sp³-hybridized carbons (Fsp3) is 0.111. The van der Waals surface area contributed by atoms with Crippen molar-refractivity contribution >= 4 is 17.9 Å². The SMILES string of the molecule is Cc1ccccc1C1=N/C(=C\c2ccccc2OC(F)F)C(=O)O1. The predicted molar refractivity (Wildman–Crippen MR) is 84.9 cm³/mol. The zero-order valence-corrected chi connectivity index (χ0v) is 12.7. The van der Waals surface area contributed by atoms with Gasteiger partial charge in [-0.1, -0.05) is 36.4 Å². The Bertz CT molecular complexity index is 844. The highest BCUT2D eigenvalue weighted by molar-refractivity contribution is 6.13. The van der Waals surface area contributed by atoms with Crippen LogP contribution >= 0.6 is 0 Å². The third-order valence-electron chi connectivity index (χ3n) is 3.42. The molecule has 2 aromatic carbocycles. The molecular weight excluding hydrogens is 316 g/mol. The number of hydrogen-bond acceptors (Lipinski definition) is 4. The molecule has 0 aliphatic carbocycles. The lowest BCUT2D eigenvalue weighted by Crippen LogP contribution is -2.07. The molecule has 3 rings (SSSR count). The first kappa shape index (κ1) is 15.9. The van der Waals surface area contributed by atoms with Crippen LogP contribution in [0.3, 0.4) is 0 Å².